The number of halogens is 1. The van der Waals surface area contributed by atoms with Gasteiger partial charge in [-0.15, -0.1) is 0 Å². The lowest BCUT2D eigenvalue weighted by molar-refractivity contribution is -0.122. The van der Waals surface area contributed by atoms with E-state index in [0.29, 0.717) is 27.6 Å². The smallest absolute Gasteiger partial charge is 0.265 e. The van der Waals surface area contributed by atoms with E-state index in [4.69, 9.17) is 16.3 Å². The minimum Gasteiger partial charge on any atom is -0.481 e. The number of ketones is 1. The maximum Gasteiger partial charge on any atom is 0.265 e. The van der Waals surface area contributed by atoms with Crippen LogP contribution in [0.2, 0.25) is 5.02 Å². The number of ether oxygens (including phenoxy) is 1. The van der Waals surface area contributed by atoms with E-state index in [1.807, 2.05) is 6.07 Å². The summed E-state index contributed by atoms with van der Waals surface area (Å²) in [5.41, 5.74) is 1.42. The minimum atomic E-state index is -0.761. The van der Waals surface area contributed by atoms with E-state index in [1.165, 1.54) is 0 Å². The van der Waals surface area contributed by atoms with E-state index >= 15 is 0 Å². The summed E-state index contributed by atoms with van der Waals surface area (Å²) in [5.74, 6) is -0.0167. The zero-order valence-electron chi connectivity index (χ0n) is 14.7. The summed E-state index contributed by atoms with van der Waals surface area (Å²) in [6, 6.07) is 22.7. The van der Waals surface area contributed by atoms with Crippen molar-refractivity contribution < 1.29 is 14.3 Å². The lowest BCUT2D eigenvalue weighted by atomic mass is 10.0. The van der Waals surface area contributed by atoms with Crippen LogP contribution in [0.3, 0.4) is 0 Å². The van der Waals surface area contributed by atoms with Crippen LogP contribution in [0.1, 0.15) is 22.8 Å². The number of para-hydroxylation sites is 1. The fraction of sp³-hybridized carbons (Fsp3) is 0.0909. The van der Waals surface area contributed by atoms with Crippen LogP contribution in [-0.4, -0.2) is 17.8 Å². The Morgan fingerprint density at radius 2 is 1.63 bits per heavy atom. The number of amides is 1. The molecule has 0 aliphatic carbocycles. The molecule has 0 fully saturated rings. The molecule has 0 aliphatic rings. The SMILES string of the molecule is CC(Oc1cccc(Cl)c1)C(=O)Nc1ccccc1C(=O)c1ccccc1. The van der Waals surface area contributed by atoms with Gasteiger partial charge in [0.15, 0.2) is 11.9 Å². The van der Waals surface area contributed by atoms with Crippen LogP contribution < -0.4 is 10.1 Å². The van der Waals surface area contributed by atoms with Gasteiger partial charge in [-0.25, -0.2) is 0 Å². The van der Waals surface area contributed by atoms with Crippen LogP contribution in [0, 0.1) is 0 Å². The van der Waals surface area contributed by atoms with Gasteiger partial charge in [-0.05, 0) is 37.3 Å². The maximum absolute atomic E-state index is 12.7. The first-order chi connectivity index (χ1) is 13.0. The zero-order chi connectivity index (χ0) is 19.2. The molecule has 3 aromatic carbocycles. The van der Waals surface area contributed by atoms with Crippen molar-refractivity contribution in [3.05, 3.63) is 95.0 Å². The standard InChI is InChI=1S/C22H18ClNO3/c1-15(27-18-11-7-10-17(23)14-18)22(26)24-20-13-6-5-12-19(20)21(25)16-8-3-2-4-9-16/h2-15H,1H3,(H,24,26). The van der Waals surface area contributed by atoms with Crippen LogP contribution in [0.4, 0.5) is 5.69 Å². The zero-order valence-corrected chi connectivity index (χ0v) is 15.4. The molecule has 0 saturated heterocycles. The fourth-order valence-electron chi connectivity index (χ4n) is 2.57. The number of rotatable bonds is 6. The lowest BCUT2D eigenvalue weighted by Gasteiger charge is -2.16. The second-order valence-electron chi connectivity index (χ2n) is 5.95. The van der Waals surface area contributed by atoms with Crippen LogP contribution in [-0.2, 0) is 4.79 Å². The summed E-state index contributed by atoms with van der Waals surface area (Å²) in [7, 11) is 0. The Hall–Kier alpha value is -3.11. The third-order valence-electron chi connectivity index (χ3n) is 3.94. The van der Waals surface area contributed by atoms with Crippen molar-refractivity contribution in [1.29, 1.82) is 0 Å². The van der Waals surface area contributed by atoms with Crippen molar-refractivity contribution in [1.82, 2.24) is 0 Å². The third kappa shape index (κ3) is 4.74. The number of nitrogens with one attached hydrogen (secondary N) is 1. The summed E-state index contributed by atoms with van der Waals surface area (Å²) >= 11 is 5.93. The molecule has 0 saturated carbocycles. The van der Waals surface area contributed by atoms with Crippen LogP contribution >= 0.6 is 11.6 Å². The van der Waals surface area contributed by atoms with Crippen molar-refractivity contribution >= 4 is 29.0 Å². The van der Waals surface area contributed by atoms with Gasteiger partial charge in [0, 0.05) is 16.1 Å². The predicted molar refractivity (Wildman–Crippen MR) is 106 cm³/mol. The molecule has 27 heavy (non-hydrogen) atoms. The second-order valence-corrected chi connectivity index (χ2v) is 6.38. The maximum atomic E-state index is 12.7. The molecule has 0 heterocycles. The Morgan fingerprint density at radius 3 is 2.37 bits per heavy atom. The Kier molecular flexibility index (Phi) is 5.89. The largest absolute Gasteiger partial charge is 0.481 e. The van der Waals surface area contributed by atoms with Gasteiger partial charge in [0.05, 0.1) is 5.69 Å². The van der Waals surface area contributed by atoms with Gasteiger partial charge in [0.1, 0.15) is 5.75 Å². The second kappa shape index (κ2) is 8.52. The average molecular weight is 380 g/mol. The first-order valence-corrected chi connectivity index (χ1v) is 8.84. The average Bonchev–Trinajstić information content (AvgIpc) is 2.68. The van der Waals surface area contributed by atoms with Crippen LogP contribution in [0.25, 0.3) is 0 Å². The lowest BCUT2D eigenvalue weighted by Crippen LogP contribution is -2.30. The van der Waals surface area contributed by atoms with E-state index in [2.05, 4.69) is 5.32 Å². The number of hydrogen-bond donors (Lipinski definition) is 1. The van der Waals surface area contributed by atoms with Gasteiger partial charge >= 0.3 is 0 Å². The molecule has 0 bridgehead atoms. The molecular weight excluding hydrogens is 362 g/mol. The molecule has 1 amide bonds. The predicted octanol–water partition coefficient (Wildman–Crippen LogP) is 4.98. The van der Waals surface area contributed by atoms with Crippen molar-refractivity contribution in [2.75, 3.05) is 5.32 Å². The monoisotopic (exact) mass is 379 g/mol. The minimum absolute atomic E-state index is 0.157. The highest BCUT2D eigenvalue weighted by atomic mass is 35.5. The van der Waals surface area contributed by atoms with Crippen molar-refractivity contribution in [3.63, 3.8) is 0 Å². The Morgan fingerprint density at radius 1 is 0.926 bits per heavy atom. The van der Waals surface area contributed by atoms with Gasteiger partial charge in [0.2, 0.25) is 0 Å². The van der Waals surface area contributed by atoms with E-state index in [0.717, 1.165) is 0 Å². The first-order valence-electron chi connectivity index (χ1n) is 8.46. The Bertz CT molecular complexity index is 957. The van der Waals surface area contributed by atoms with Gasteiger partial charge in [0.25, 0.3) is 5.91 Å². The van der Waals surface area contributed by atoms with Gasteiger partial charge in [-0.3, -0.25) is 9.59 Å². The highest BCUT2D eigenvalue weighted by Crippen LogP contribution is 2.21. The van der Waals surface area contributed by atoms with Crippen molar-refractivity contribution in [3.8, 4) is 5.75 Å². The van der Waals surface area contributed by atoms with Crippen molar-refractivity contribution in [2.45, 2.75) is 13.0 Å². The molecule has 3 rings (SSSR count). The number of carbonyl (C=O) groups excluding carboxylic acids is 2. The first kappa shape index (κ1) is 18.7. The van der Waals surface area contributed by atoms with Gasteiger partial charge < -0.3 is 10.1 Å². The molecule has 0 radical (unpaired) electrons. The Labute approximate surface area is 162 Å². The Balaban J connectivity index is 1.75. The highest BCUT2D eigenvalue weighted by Gasteiger charge is 2.19. The van der Waals surface area contributed by atoms with Gasteiger partial charge in [-0.2, -0.15) is 0 Å². The summed E-state index contributed by atoms with van der Waals surface area (Å²) in [6.07, 6.45) is -0.761. The van der Waals surface area contributed by atoms with E-state index in [1.54, 1.807) is 79.7 Å². The highest BCUT2D eigenvalue weighted by molar-refractivity contribution is 6.30. The van der Waals surface area contributed by atoms with Crippen molar-refractivity contribution in [2.24, 2.45) is 0 Å². The topological polar surface area (TPSA) is 55.4 Å². The molecule has 5 heteroatoms. The molecule has 4 nitrogen and oxygen atoms in total. The van der Waals surface area contributed by atoms with E-state index in [9.17, 15) is 9.59 Å². The molecule has 1 atom stereocenters. The summed E-state index contributed by atoms with van der Waals surface area (Å²) in [5, 5.41) is 3.30. The molecule has 0 aliphatic heterocycles. The number of carbonyl (C=O) groups is 2. The van der Waals surface area contributed by atoms with E-state index in [-0.39, 0.29) is 11.7 Å². The number of hydrogen-bond acceptors (Lipinski definition) is 3. The van der Waals surface area contributed by atoms with Gasteiger partial charge in [-0.1, -0.05) is 60.1 Å². The van der Waals surface area contributed by atoms with Crippen LogP contribution in [0.15, 0.2) is 78.9 Å². The fourth-order valence-corrected chi connectivity index (χ4v) is 2.75. The molecule has 1 N–H and O–H groups in total. The quantitative estimate of drug-likeness (QED) is 0.615. The summed E-state index contributed by atoms with van der Waals surface area (Å²) < 4.78 is 5.63. The molecule has 136 valence electrons. The number of benzene rings is 3. The van der Waals surface area contributed by atoms with E-state index < -0.39 is 6.10 Å². The molecule has 0 aromatic heterocycles. The molecule has 0 spiro atoms. The molecule has 1 unspecified atom stereocenters. The summed E-state index contributed by atoms with van der Waals surface area (Å²) in [6.45, 7) is 1.64. The molecule has 3 aromatic rings. The third-order valence-corrected chi connectivity index (χ3v) is 4.18. The van der Waals surface area contributed by atoms with Crippen LogP contribution in [0.5, 0.6) is 5.75 Å². The summed E-state index contributed by atoms with van der Waals surface area (Å²) in [4.78, 5) is 25.3. The normalized spacial score (nSPS) is 11.5. The molecular formula is C22H18ClNO3. The number of anilines is 1.